The highest BCUT2D eigenvalue weighted by molar-refractivity contribution is 8.27. The molecule has 0 fully saturated rings. The molecule has 1 aliphatic rings. The molecule has 0 aliphatic carbocycles. The van der Waals surface area contributed by atoms with Crippen LogP contribution in [0.3, 0.4) is 0 Å². The molecule has 7 aromatic carbocycles. The van der Waals surface area contributed by atoms with Crippen LogP contribution in [0.25, 0.3) is 43.4 Å². The van der Waals surface area contributed by atoms with E-state index in [1.54, 1.807) is 0 Å². The van der Waals surface area contributed by atoms with Gasteiger partial charge in [-0.25, -0.2) is 0 Å². The number of fused-ring (bicyclic) bond motifs is 4. The molecular formula is C37H26BNS. The Hall–Kier alpha value is -4.47. The lowest BCUT2D eigenvalue weighted by atomic mass is 9.70. The molecule has 0 aromatic heterocycles. The van der Waals surface area contributed by atoms with E-state index in [1.807, 2.05) is 11.6 Å². The van der Waals surface area contributed by atoms with E-state index in [0.717, 1.165) is 0 Å². The fraction of sp³-hybridized carbons (Fsp3) is 0.0270. The van der Waals surface area contributed by atoms with Crippen LogP contribution in [0.5, 0.6) is 0 Å². The fourth-order valence-corrected chi connectivity index (χ4v) is 7.89. The van der Waals surface area contributed by atoms with Crippen molar-refractivity contribution in [2.45, 2.75) is 11.8 Å². The molecule has 3 heteroatoms. The topological polar surface area (TPSA) is 3.24 Å². The molecule has 188 valence electrons. The number of hydrogen-bond acceptors (Lipinski definition) is 2. The van der Waals surface area contributed by atoms with Crippen LogP contribution in [0.2, 0.25) is 0 Å². The smallest absolute Gasteiger partial charge is 0.368 e. The minimum Gasteiger partial charge on any atom is -0.371 e. The summed E-state index contributed by atoms with van der Waals surface area (Å²) >= 11 is 1.95. The Morgan fingerprint density at radius 2 is 1.05 bits per heavy atom. The van der Waals surface area contributed by atoms with Crippen molar-refractivity contribution in [3.05, 3.63) is 145 Å². The van der Waals surface area contributed by atoms with Gasteiger partial charge in [0, 0.05) is 16.3 Å². The van der Waals surface area contributed by atoms with Crippen molar-refractivity contribution in [1.82, 2.24) is 0 Å². The predicted molar refractivity (Wildman–Crippen MR) is 175 cm³/mol. The van der Waals surface area contributed by atoms with Gasteiger partial charge >= 0.3 is 6.13 Å². The maximum Gasteiger partial charge on any atom is 0.368 e. The van der Waals surface area contributed by atoms with Gasteiger partial charge in [-0.3, -0.25) is 0 Å². The second kappa shape index (κ2) is 9.33. The molecule has 0 unspecified atom stereocenters. The van der Waals surface area contributed by atoms with E-state index in [1.165, 1.54) is 70.7 Å². The Morgan fingerprint density at radius 1 is 0.500 bits per heavy atom. The first-order chi connectivity index (χ1) is 19.8. The first-order valence-corrected chi connectivity index (χ1v) is 14.7. The molecule has 40 heavy (non-hydrogen) atoms. The molecule has 0 radical (unpaired) electrons. The van der Waals surface area contributed by atoms with Gasteiger partial charge in [-0.15, -0.1) is 11.6 Å². The van der Waals surface area contributed by atoms with Crippen LogP contribution in [0.15, 0.2) is 144 Å². The summed E-state index contributed by atoms with van der Waals surface area (Å²) in [6, 6.07) is 51.1. The number of anilines is 2. The lowest BCUT2D eigenvalue weighted by molar-refractivity contribution is 1.34. The third kappa shape index (κ3) is 3.51. The van der Waals surface area contributed by atoms with Gasteiger partial charge in [-0.1, -0.05) is 115 Å². The molecule has 0 saturated heterocycles. The molecule has 0 saturated carbocycles. The van der Waals surface area contributed by atoms with Crippen LogP contribution < -0.4 is 10.3 Å². The van der Waals surface area contributed by atoms with Crippen LogP contribution >= 0.6 is 11.6 Å². The molecule has 0 N–H and O–H groups in total. The molecule has 0 spiro atoms. The van der Waals surface area contributed by atoms with Crippen LogP contribution in [0, 0.1) is 6.92 Å². The van der Waals surface area contributed by atoms with Crippen LogP contribution in [-0.4, -0.2) is 6.13 Å². The van der Waals surface area contributed by atoms with Gasteiger partial charge in [0.15, 0.2) is 0 Å². The largest absolute Gasteiger partial charge is 0.371 e. The summed E-state index contributed by atoms with van der Waals surface area (Å²) in [6.07, 6.45) is 0.110. The number of para-hydroxylation sites is 2. The Morgan fingerprint density at radius 3 is 1.75 bits per heavy atom. The highest BCUT2D eigenvalue weighted by Crippen LogP contribution is 2.47. The molecule has 8 rings (SSSR count). The Kier molecular flexibility index (Phi) is 5.46. The standard InChI is InChI=1S/C37H26BNS/c1-25-23-24-31(28-16-6-5-15-27(25)28)36-29-17-7-9-19-32(29)37(33-20-10-8-18-30(33)36)38-39(26-13-3-2-4-14-26)34-21-11-12-22-35(34)40-38/h2-24H,1H3. The third-order valence-corrected chi connectivity index (χ3v) is 9.53. The normalized spacial score (nSPS) is 12.9. The van der Waals surface area contributed by atoms with Gasteiger partial charge in [0.05, 0.1) is 0 Å². The van der Waals surface area contributed by atoms with Gasteiger partial charge < -0.3 is 4.81 Å². The summed E-state index contributed by atoms with van der Waals surface area (Å²) in [5, 5.41) is 7.84. The van der Waals surface area contributed by atoms with Gasteiger partial charge in [0.25, 0.3) is 0 Å². The Labute approximate surface area is 239 Å². The van der Waals surface area contributed by atoms with Crippen molar-refractivity contribution in [2.75, 3.05) is 4.81 Å². The predicted octanol–water partition coefficient (Wildman–Crippen LogP) is 9.76. The summed E-state index contributed by atoms with van der Waals surface area (Å²) in [5.41, 5.74) is 7.78. The lowest BCUT2D eigenvalue weighted by Gasteiger charge is -2.28. The Bertz CT molecular complexity index is 2010. The highest BCUT2D eigenvalue weighted by Gasteiger charge is 2.39. The van der Waals surface area contributed by atoms with E-state index in [9.17, 15) is 0 Å². The summed E-state index contributed by atoms with van der Waals surface area (Å²) < 4.78 is 0. The van der Waals surface area contributed by atoms with Crippen LogP contribution in [-0.2, 0) is 0 Å². The maximum atomic E-state index is 2.52. The van der Waals surface area contributed by atoms with Gasteiger partial charge in [0.1, 0.15) is 0 Å². The van der Waals surface area contributed by atoms with E-state index in [4.69, 9.17) is 0 Å². The first kappa shape index (κ1) is 23.4. The Balaban J connectivity index is 1.48. The third-order valence-electron chi connectivity index (χ3n) is 8.26. The van der Waals surface area contributed by atoms with E-state index >= 15 is 0 Å². The zero-order chi connectivity index (χ0) is 26.6. The SMILES string of the molecule is Cc1ccc(-c2c3ccccc3c(B3Sc4ccccc4N3c3ccccc3)c3ccccc23)c2ccccc12. The number of nitrogens with zero attached hydrogens (tertiary/aromatic N) is 1. The number of rotatable bonds is 3. The molecule has 1 aliphatic heterocycles. The minimum atomic E-state index is 0.110. The molecule has 1 nitrogen and oxygen atoms in total. The summed E-state index contributed by atoms with van der Waals surface area (Å²) in [5.74, 6) is 0. The second-order valence-electron chi connectivity index (χ2n) is 10.5. The van der Waals surface area contributed by atoms with Crippen molar-refractivity contribution in [3.63, 3.8) is 0 Å². The molecule has 0 bridgehead atoms. The minimum absolute atomic E-state index is 0.110. The van der Waals surface area contributed by atoms with Gasteiger partial charge in [0.2, 0.25) is 0 Å². The first-order valence-electron chi connectivity index (χ1n) is 13.8. The average molecular weight is 528 g/mol. The average Bonchev–Trinajstić information content (AvgIpc) is 3.40. The van der Waals surface area contributed by atoms with E-state index < -0.39 is 0 Å². The summed E-state index contributed by atoms with van der Waals surface area (Å²) in [7, 11) is 0. The van der Waals surface area contributed by atoms with E-state index in [-0.39, 0.29) is 6.13 Å². The van der Waals surface area contributed by atoms with Crippen molar-refractivity contribution < 1.29 is 0 Å². The molecule has 0 atom stereocenters. The van der Waals surface area contributed by atoms with Crippen molar-refractivity contribution >= 4 is 66.9 Å². The highest BCUT2D eigenvalue weighted by atomic mass is 32.2. The molecular weight excluding hydrogens is 501 g/mol. The zero-order valence-corrected chi connectivity index (χ0v) is 23.0. The second-order valence-corrected chi connectivity index (χ2v) is 11.6. The van der Waals surface area contributed by atoms with E-state index in [2.05, 4.69) is 151 Å². The van der Waals surface area contributed by atoms with Crippen LogP contribution in [0.4, 0.5) is 11.4 Å². The van der Waals surface area contributed by atoms with Crippen LogP contribution in [0.1, 0.15) is 5.56 Å². The van der Waals surface area contributed by atoms with Crippen molar-refractivity contribution in [1.29, 1.82) is 0 Å². The molecule has 1 heterocycles. The zero-order valence-electron chi connectivity index (χ0n) is 22.2. The quantitative estimate of drug-likeness (QED) is 0.166. The molecule has 7 aromatic rings. The summed E-state index contributed by atoms with van der Waals surface area (Å²) in [6.45, 7) is 2.21. The van der Waals surface area contributed by atoms with Crippen molar-refractivity contribution in [3.8, 4) is 11.1 Å². The fourth-order valence-electron chi connectivity index (χ4n) is 6.49. The van der Waals surface area contributed by atoms with E-state index in [0.29, 0.717) is 0 Å². The van der Waals surface area contributed by atoms with Gasteiger partial charge in [-0.05, 0) is 85.7 Å². The monoisotopic (exact) mass is 527 g/mol. The molecule has 0 amide bonds. The summed E-state index contributed by atoms with van der Waals surface area (Å²) in [4.78, 5) is 3.84. The number of aryl methyl sites for hydroxylation is 1. The lowest BCUT2D eigenvalue weighted by Crippen LogP contribution is -2.41. The number of benzene rings is 7. The maximum absolute atomic E-state index is 2.52. The number of hydrogen-bond donors (Lipinski definition) is 0. The van der Waals surface area contributed by atoms with Crippen molar-refractivity contribution in [2.24, 2.45) is 0 Å². The van der Waals surface area contributed by atoms with Gasteiger partial charge in [-0.2, -0.15) is 0 Å².